The fourth-order valence-corrected chi connectivity index (χ4v) is 2.59. The molecule has 0 aliphatic carbocycles. The van der Waals surface area contributed by atoms with E-state index in [-0.39, 0.29) is 5.91 Å². The van der Waals surface area contributed by atoms with Gasteiger partial charge in [-0.25, -0.2) is 0 Å². The molecule has 1 N–H and O–H groups in total. The third-order valence-corrected chi connectivity index (χ3v) is 3.82. The largest absolute Gasteiger partial charge is 0.496 e. The third kappa shape index (κ3) is 3.47. The van der Waals surface area contributed by atoms with E-state index in [9.17, 15) is 4.79 Å². The standard InChI is InChI=1S/C19H23NO3/c1-12(2)14-9-6-8-13(3)18(14)20-19(21)17-15(22-4)10-7-11-16(17)23-5/h6-12H,1-5H3,(H,20,21). The van der Waals surface area contributed by atoms with Crippen molar-refractivity contribution in [3.63, 3.8) is 0 Å². The van der Waals surface area contributed by atoms with Crippen molar-refractivity contribution >= 4 is 11.6 Å². The summed E-state index contributed by atoms with van der Waals surface area (Å²) in [7, 11) is 3.08. The smallest absolute Gasteiger partial charge is 0.263 e. The Morgan fingerprint density at radius 1 is 1.00 bits per heavy atom. The van der Waals surface area contributed by atoms with Gasteiger partial charge in [0, 0.05) is 5.69 Å². The van der Waals surface area contributed by atoms with Crippen molar-refractivity contribution in [2.75, 3.05) is 19.5 Å². The number of para-hydroxylation sites is 1. The van der Waals surface area contributed by atoms with E-state index < -0.39 is 0 Å². The van der Waals surface area contributed by atoms with Crippen LogP contribution in [0.4, 0.5) is 5.69 Å². The lowest BCUT2D eigenvalue weighted by Crippen LogP contribution is -2.16. The van der Waals surface area contributed by atoms with Crippen LogP contribution in [-0.2, 0) is 0 Å². The van der Waals surface area contributed by atoms with Crippen LogP contribution in [0.15, 0.2) is 36.4 Å². The fourth-order valence-electron chi connectivity index (χ4n) is 2.59. The van der Waals surface area contributed by atoms with Crippen LogP contribution < -0.4 is 14.8 Å². The molecule has 0 atom stereocenters. The van der Waals surface area contributed by atoms with Crippen molar-refractivity contribution in [1.29, 1.82) is 0 Å². The molecule has 0 heterocycles. The molecule has 0 spiro atoms. The van der Waals surface area contributed by atoms with Gasteiger partial charge in [-0.15, -0.1) is 0 Å². The minimum atomic E-state index is -0.240. The van der Waals surface area contributed by atoms with Gasteiger partial charge in [0.25, 0.3) is 5.91 Å². The Labute approximate surface area is 137 Å². The highest BCUT2D eigenvalue weighted by Crippen LogP contribution is 2.32. The van der Waals surface area contributed by atoms with Gasteiger partial charge in [0.15, 0.2) is 0 Å². The predicted octanol–water partition coefficient (Wildman–Crippen LogP) is 4.39. The second-order valence-electron chi connectivity index (χ2n) is 5.69. The van der Waals surface area contributed by atoms with E-state index in [1.54, 1.807) is 32.4 Å². The van der Waals surface area contributed by atoms with E-state index in [1.807, 2.05) is 25.1 Å². The zero-order chi connectivity index (χ0) is 17.0. The monoisotopic (exact) mass is 313 g/mol. The van der Waals surface area contributed by atoms with Gasteiger partial charge in [-0.2, -0.15) is 0 Å². The lowest BCUT2D eigenvalue weighted by atomic mass is 9.98. The number of rotatable bonds is 5. The number of anilines is 1. The van der Waals surface area contributed by atoms with Crippen LogP contribution in [0.1, 0.15) is 41.3 Å². The molecule has 2 rings (SSSR count). The highest BCUT2D eigenvalue weighted by molar-refractivity contribution is 6.09. The summed E-state index contributed by atoms with van der Waals surface area (Å²) in [5.41, 5.74) is 3.38. The number of ether oxygens (including phenoxy) is 2. The molecule has 2 aromatic rings. The predicted molar refractivity (Wildman–Crippen MR) is 92.8 cm³/mol. The number of methoxy groups -OCH3 is 2. The van der Waals surface area contributed by atoms with Gasteiger partial charge in [-0.3, -0.25) is 4.79 Å². The maximum Gasteiger partial charge on any atom is 0.263 e. The summed E-state index contributed by atoms with van der Waals surface area (Å²) >= 11 is 0. The Balaban J connectivity index is 2.45. The SMILES string of the molecule is COc1cccc(OC)c1C(=O)Nc1c(C)cccc1C(C)C. The Morgan fingerprint density at radius 3 is 2.09 bits per heavy atom. The summed E-state index contributed by atoms with van der Waals surface area (Å²) in [6.07, 6.45) is 0. The van der Waals surface area contributed by atoms with Crippen molar-refractivity contribution in [2.45, 2.75) is 26.7 Å². The van der Waals surface area contributed by atoms with E-state index in [0.29, 0.717) is 23.0 Å². The van der Waals surface area contributed by atoms with E-state index in [4.69, 9.17) is 9.47 Å². The van der Waals surface area contributed by atoms with E-state index in [1.165, 1.54) is 0 Å². The molecular formula is C19H23NO3. The zero-order valence-corrected chi connectivity index (χ0v) is 14.3. The van der Waals surface area contributed by atoms with Crippen LogP contribution in [0.5, 0.6) is 11.5 Å². The second-order valence-corrected chi connectivity index (χ2v) is 5.69. The molecule has 0 saturated carbocycles. The molecule has 0 saturated heterocycles. The summed E-state index contributed by atoms with van der Waals surface area (Å²) in [5.74, 6) is 1.04. The molecule has 122 valence electrons. The first-order valence-corrected chi connectivity index (χ1v) is 7.61. The lowest BCUT2D eigenvalue weighted by Gasteiger charge is -2.18. The van der Waals surface area contributed by atoms with Crippen LogP contribution >= 0.6 is 0 Å². The molecular weight excluding hydrogens is 290 g/mol. The van der Waals surface area contributed by atoms with E-state index in [2.05, 4.69) is 19.2 Å². The van der Waals surface area contributed by atoms with Crippen molar-refractivity contribution in [3.05, 3.63) is 53.1 Å². The lowest BCUT2D eigenvalue weighted by molar-refractivity contribution is 0.102. The topological polar surface area (TPSA) is 47.6 Å². The summed E-state index contributed by atoms with van der Waals surface area (Å²) in [6.45, 7) is 6.20. The van der Waals surface area contributed by atoms with Gasteiger partial charge in [0.1, 0.15) is 17.1 Å². The highest BCUT2D eigenvalue weighted by atomic mass is 16.5. The first-order chi connectivity index (χ1) is 11.0. The number of benzene rings is 2. The van der Waals surface area contributed by atoms with Gasteiger partial charge >= 0.3 is 0 Å². The Hall–Kier alpha value is -2.49. The Morgan fingerprint density at radius 2 is 1.57 bits per heavy atom. The fraction of sp³-hybridized carbons (Fsp3) is 0.316. The first-order valence-electron chi connectivity index (χ1n) is 7.61. The summed E-state index contributed by atoms with van der Waals surface area (Å²) in [6, 6.07) is 11.3. The Bertz CT molecular complexity index is 686. The number of hydrogen-bond donors (Lipinski definition) is 1. The molecule has 0 aliphatic rings. The summed E-state index contributed by atoms with van der Waals surface area (Å²) in [4.78, 5) is 12.8. The number of carbonyl (C=O) groups excluding carboxylic acids is 1. The average Bonchev–Trinajstić information content (AvgIpc) is 2.55. The minimum absolute atomic E-state index is 0.240. The molecule has 4 heteroatoms. The number of aryl methyl sites for hydroxylation is 1. The minimum Gasteiger partial charge on any atom is -0.496 e. The van der Waals surface area contributed by atoms with Crippen molar-refractivity contribution in [1.82, 2.24) is 0 Å². The molecule has 0 fully saturated rings. The van der Waals surface area contributed by atoms with Gasteiger partial charge < -0.3 is 14.8 Å². The molecule has 2 aromatic carbocycles. The number of amides is 1. The molecule has 4 nitrogen and oxygen atoms in total. The molecule has 0 bridgehead atoms. The van der Waals surface area contributed by atoms with Crippen LogP contribution in [0.3, 0.4) is 0 Å². The molecule has 0 aliphatic heterocycles. The quantitative estimate of drug-likeness (QED) is 0.890. The Kier molecular flexibility index (Phi) is 5.27. The van der Waals surface area contributed by atoms with Gasteiger partial charge in [-0.1, -0.05) is 38.1 Å². The van der Waals surface area contributed by atoms with Crippen LogP contribution in [0.25, 0.3) is 0 Å². The number of nitrogens with one attached hydrogen (secondary N) is 1. The van der Waals surface area contributed by atoms with E-state index >= 15 is 0 Å². The maximum atomic E-state index is 12.8. The summed E-state index contributed by atoms with van der Waals surface area (Å²) in [5, 5.41) is 3.03. The summed E-state index contributed by atoms with van der Waals surface area (Å²) < 4.78 is 10.6. The number of hydrogen-bond acceptors (Lipinski definition) is 3. The van der Waals surface area contributed by atoms with E-state index in [0.717, 1.165) is 16.8 Å². The average molecular weight is 313 g/mol. The van der Waals surface area contributed by atoms with Crippen molar-refractivity contribution in [3.8, 4) is 11.5 Å². The molecule has 0 aromatic heterocycles. The highest BCUT2D eigenvalue weighted by Gasteiger charge is 2.20. The van der Waals surface area contributed by atoms with Crippen LogP contribution in [-0.4, -0.2) is 20.1 Å². The first kappa shape index (κ1) is 16.9. The van der Waals surface area contributed by atoms with Gasteiger partial charge in [-0.05, 0) is 36.1 Å². The normalized spacial score (nSPS) is 10.5. The maximum absolute atomic E-state index is 12.8. The van der Waals surface area contributed by atoms with Crippen LogP contribution in [0.2, 0.25) is 0 Å². The molecule has 0 unspecified atom stereocenters. The van der Waals surface area contributed by atoms with Crippen molar-refractivity contribution in [2.24, 2.45) is 0 Å². The third-order valence-electron chi connectivity index (χ3n) is 3.82. The van der Waals surface area contributed by atoms with Crippen LogP contribution in [0, 0.1) is 6.92 Å². The number of carbonyl (C=O) groups is 1. The molecule has 23 heavy (non-hydrogen) atoms. The zero-order valence-electron chi connectivity index (χ0n) is 14.3. The van der Waals surface area contributed by atoms with Gasteiger partial charge in [0.05, 0.1) is 14.2 Å². The second kappa shape index (κ2) is 7.18. The molecule has 0 radical (unpaired) electrons. The van der Waals surface area contributed by atoms with Crippen molar-refractivity contribution < 1.29 is 14.3 Å². The van der Waals surface area contributed by atoms with Gasteiger partial charge in [0.2, 0.25) is 0 Å². The molecule has 1 amide bonds.